The number of ether oxygens (including phenoxy) is 1. The summed E-state index contributed by atoms with van der Waals surface area (Å²) in [5, 5.41) is 12.1. The Morgan fingerprint density at radius 3 is 2.47 bits per heavy atom. The van der Waals surface area contributed by atoms with Gasteiger partial charge in [0.15, 0.2) is 0 Å². The second-order valence-corrected chi connectivity index (χ2v) is 6.95. The van der Waals surface area contributed by atoms with Crippen molar-refractivity contribution in [3.8, 4) is 5.75 Å². The molecule has 0 spiro atoms. The van der Waals surface area contributed by atoms with Crippen LogP contribution in [0.25, 0.3) is 0 Å². The van der Waals surface area contributed by atoms with E-state index >= 15 is 0 Å². The lowest BCUT2D eigenvalue weighted by Crippen LogP contribution is -2.28. The number of rotatable bonds is 7. The molecule has 0 radical (unpaired) electrons. The van der Waals surface area contributed by atoms with Crippen LogP contribution in [0.1, 0.15) is 44.9 Å². The van der Waals surface area contributed by atoms with Gasteiger partial charge in [0.1, 0.15) is 18.2 Å². The average Bonchev–Trinajstić information content (AvgIpc) is 2.74. The molecule has 6 nitrogen and oxygen atoms in total. The summed E-state index contributed by atoms with van der Waals surface area (Å²) in [6.45, 7) is 1.77. The Hall–Kier alpha value is -3.45. The maximum absolute atomic E-state index is 13.0. The molecule has 1 aromatic heterocycles. The minimum Gasteiger partial charge on any atom is -0.487 e. The van der Waals surface area contributed by atoms with Crippen LogP contribution in [0.15, 0.2) is 60.8 Å². The highest BCUT2D eigenvalue weighted by atomic mass is 35.5. The van der Waals surface area contributed by atoms with Gasteiger partial charge in [-0.05, 0) is 55.0 Å². The Morgan fingerprint density at radius 1 is 1.17 bits per heavy atom. The van der Waals surface area contributed by atoms with Gasteiger partial charge in [-0.2, -0.15) is 0 Å². The predicted octanol–water partition coefficient (Wildman–Crippen LogP) is 4.64. The standard InChI is InChI=1S/C22H18ClFN2O4/c1-13(14-2-4-15(5-3-14)22(28)29)26-21(27)19-10-16(23)11-25-20(19)12-30-18-8-6-17(24)7-9-18/h2-11,13H,12H2,1H3,(H,26,27)(H,28,29)/t13-/m0/s1. The molecule has 3 rings (SSSR count). The molecule has 0 bridgehead atoms. The Kier molecular flexibility index (Phi) is 6.64. The first-order valence-electron chi connectivity index (χ1n) is 9.00. The number of carbonyl (C=O) groups excluding carboxylic acids is 1. The minimum absolute atomic E-state index is 0.00670. The van der Waals surface area contributed by atoms with Crippen molar-refractivity contribution in [2.45, 2.75) is 19.6 Å². The molecule has 0 aliphatic carbocycles. The molecule has 0 saturated carbocycles. The van der Waals surface area contributed by atoms with Gasteiger partial charge in [0, 0.05) is 6.20 Å². The molecule has 0 aliphatic heterocycles. The van der Waals surface area contributed by atoms with Crippen LogP contribution >= 0.6 is 11.6 Å². The fraction of sp³-hybridized carbons (Fsp3) is 0.136. The molecule has 2 aromatic carbocycles. The van der Waals surface area contributed by atoms with Crippen LogP contribution in [-0.2, 0) is 6.61 Å². The van der Waals surface area contributed by atoms with Crippen LogP contribution in [0.2, 0.25) is 5.02 Å². The summed E-state index contributed by atoms with van der Waals surface area (Å²) in [6.07, 6.45) is 1.41. The highest BCUT2D eigenvalue weighted by molar-refractivity contribution is 6.30. The monoisotopic (exact) mass is 428 g/mol. The number of aromatic nitrogens is 1. The third-order valence-electron chi connectivity index (χ3n) is 4.38. The van der Waals surface area contributed by atoms with Crippen LogP contribution < -0.4 is 10.1 Å². The van der Waals surface area contributed by atoms with Crippen molar-refractivity contribution in [2.75, 3.05) is 0 Å². The van der Waals surface area contributed by atoms with E-state index in [1.807, 2.05) is 0 Å². The topological polar surface area (TPSA) is 88.5 Å². The maximum Gasteiger partial charge on any atom is 0.335 e. The summed E-state index contributed by atoms with van der Waals surface area (Å²) in [4.78, 5) is 28.0. The smallest absolute Gasteiger partial charge is 0.335 e. The molecule has 154 valence electrons. The predicted molar refractivity (Wildman–Crippen MR) is 109 cm³/mol. The number of benzene rings is 2. The first-order valence-corrected chi connectivity index (χ1v) is 9.38. The molecule has 0 fully saturated rings. The van der Waals surface area contributed by atoms with E-state index in [4.69, 9.17) is 21.4 Å². The summed E-state index contributed by atoms with van der Waals surface area (Å²) in [7, 11) is 0. The second-order valence-electron chi connectivity index (χ2n) is 6.51. The lowest BCUT2D eigenvalue weighted by Gasteiger charge is -2.16. The fourth-order valence-electron chi connectivity index (χ4n) is 2.73. The van der Waals surface area contributed by atoms with Crippen molar-refractivity contribution in [3.05, 3.63) is 94.0 Å². The SMILES string of the molecule is C[C@H](NC(=O)c1cc(Cl)cnc1COc1ccc(F)cc1)c1ccc(C(=O)O)cc1. The first-order chi connectivity index (χ1) is 14.3. The number of aromatic carboxylic acids is 1. The first kappa shape index (κ1) is 21.3. The van der Waals surface area contributed by atoms with Gasteiger partial charge in [0.2, 0.25) is 0 Å². The number of carboxylic acid groups (broad SMARTS) is 1. The van der Waals surface area contributed by atoms with Crippen LogP contribution in [0.5, 0.6) is 5.75 Å². The third-order valence-corrected chi connectivity index (χ3v) is 4.58. The number of hydrogen-bond acceptors (Lipinski definition) is 4. The zero-order valence-corrected chi connectivity index (χ0v) is 16.7. The molecule has 2 N–H and O–H groups in total. The molecule has 3 aromatic rings. The molecule has 0 saturated heterocycles. The van der Waals surface area contributed by atoms with Gasteiger partial charge in [0.05, 0.1) is 27.9 Å². The molecule has 30 heavy (non-hydrogen) atoms. The van der Waals surface area contributed by atoms with Gasteiger partial charge in [-0.1, -0.05) is 23.7 Å². The number of pyridine rings is 1. The summed E-state index contributed by atoms with van der Waals surface area (Å²) >= 11 is 6.02. The Labute approximate surface area is 177 Å². The molecule has 1 amide bonds. The Morgan fingerprint density at radius 2 is 1.83 bits per heavy atom. The number of halogens is 2. The van der Waals surface area contributed by atoms with Gasteiger partial charge in [0.25, 0.3) is 5.91 Å². The largest absolute Gasteiger partial charge is 0.487 e. The molecule has 1 atom stereocenters. The molecule has 0 unspecified atom stereocenters. The normalized spacial score (nSPS) is 11.6. The van der Waals surface area contributed by atoms with Crippen molar-refractivity contribution in [1.29, 1.82) is 0 Å². The van der Waals surface area contributed by atoms with Crippen molar-refractivity contribution >= 4 is 23.5 Å². The molecule has 8 heteroatoms. The molecular formula is C22H18ClFN2O4. The van der Waals surface area contributed by atoms with Gasteiger partial charge in [-0.3, -0.25) is 9.78 Å². The van der Waals surface area contributed by atoms with Crippen molar-refractivity contribution in [2.24, 2.45) is 0 Å². The lowest BCUT2D eigenvalue weighted by molar-refractivity contribution is 0.0696. The minimum atomic E-state index is -1.02. The Balaban J connectivity index is 1.73. The van der Waals surface area contributed by atoms with Crippen molar-refractivity contribution in [1.82, 2.24) is 10.3 Å². The van der Waals surface area contributed by atoms with Crippen molar-refractivity contribution < 1.29 is 23.8 Å². The van der Waals surface area contributed by atoms with E-state index in [1.54, 1.807) is 19.1 Å². The number of carboxylic acids is 1. The fourth-order valence-corrected chi connectivity index (χ4v) is 2.89. The summed E-state index contributed by atoms with van der Waals surface area (Å²) < 4.78 is 18.6. The maximum atomic E-state index is 13.0. The average molecular weight is 429 g/mol. The Bertz CT molecular complexity index is 1060. The zero-order chi connectivity index (χ0) is 21.7. The summed E-state index contributed by atoms with van der Waals surface area (Å²) in [5.74, 6) is -1.37. The number of nitrogens with one attached hydrogen (secondary N) is 1. The van der Waals surface area contributed by atoms with E-state index < -0.39 is 11.9 Å². The zero-order valence-electron chi connectivity index (χ0n) is 15.9. The second kappa shape index (κ2) is 9.37. The van der Waals surface area contributed by atoms with Gasteiger partial charge in [-0.25, -0.2) is 9.18 Å². The molecular weight excluding hydrogens is 411 g/mol. The van der Waals surface area contributed by atoms with Crippen LogP contribution in [0, 0.1) is 5.82 Å². The van der Waals surface area contributed by atoms with E-state index in [1.165, 1.54) is 48.7 Å². The summed E-state index contributed by atoms with van der Waals surface area (Å²) in [6, 6.07) is 12.9. The van der Waals surface area contributed by atoms with Crippen molar-refractivity contribution in [3.63, 3.8) is 0 Å². The van der Waals surface area contributed by atoms with E-state index in [0.717, 1.165) is 5.56 Å². The highest BCUT2D eigenvalue weighted by Crippen LogP contribution is 2.19. The van der Waals surface area contributed by atoms with E-state index in [0.29, 0.717) is 16.5 Å². The molecule has 1 heterocycles. The van der Waals surface area contributed by atoms with E-state index in [9.17, 15) is 14.0 Å². The molecule has 0 aliphatic rings. The number of amides is 1. The van der Waals surface area contributed by atoms with Gasteiger partial charge in [-0.15, -0.1) is 0 Å². The quantitative estimate of drug-likeness (QED) is 0.572. The van der Waals surface area contributed by atoms with Crippen LogP contribution in [0.4, 0.5) is 4.39 Å². The highest BCUT2D eigenvalue weighted by Gasteiger charge is 2.17. The third kappa shape index (κ3) is 5.33. The van der Waals surface area contributed by atoms with Gasteiger partial charge >= 0.3 is 5.97 Å². The number of nitrogens with zero attached hydrogens (tertiary/aromatic N) is 1. The van der Waals surface area contributed by atoms with E-state index in [2.05, 4.69) is 10.3 Å². The van der Waals surface area contributed by atoms with Crippen LogP contribution in [-0.4, -0.2) is 22.0 Å². The lowest BCUT2D eigenvalue weighted by atomic mass is 10.1. The van der Waals surface area contributed by atoms with E-state index in [-0.39, 0.29) is 29.6 Å². The van der Waals surface area contributed by atoms with Crippen LogP contribution in [0.3, 0.4) is 0 Å². The number of hydrogen-bond donors (Lipinski definition) is 2. The summed E-state index contributed by atoms with van der Waals surface area (Å²) in [5.41, 5.74) is 1.53. The van der Waals surface area contributed by atoms with Gasteiger partial charge < -0.3 is 15.2 Å². The number of carbonyl (C=O) groups is 2.